The molecule has 0 aliphatic rings. The third kappa shape index (κ3) is 5.21. The predicted molar refractivity (Wildman–Crippen MR) is 94.6 cm³/mol. The van der Waals surface area contributed by atoms with Crippen molar-refractivity contribution in [1.82, 2.24) is 0 Å². The SMILES string of the molecule is CC[c-]1c(C)c(C)c(C)c1C.Cc1cc2ccccc2[cH-]1.[F-].[F-].[Zr+4]. The van der Waals surface area contributed by atoms with Crippen LogP contribution in [0.4, 0.5) is 0 Å². The topological polar surface area (TPSA) is 0 Å². The number of benzene rings is 1. The summed E-state index contributed by atoms with van der Waals surface area (Å²) in [6, 6.07) is 12.8. The van der Waals surface area contributed by atoms with Crippen LogP contribution >= 0.6 is 0 Å². The molecular formula is C21H26F2Zr. The van der Waals surface area contributed by atoms with Gasteiger partial charge in [0.05, 0.1) is 0 Å². The molecule has 3 heteroatoms. The molecule has 0 N–H and O–H groups in total. The van der Waals surface area contributed by atoms with Gasteiger partial charge in [0.1, 0.15) is 0 Å². The molecule has 0 unspecified atom stereocenters. The Morgan fingerprint density at radius 2 is 1.38 bits per heavy atom. The molecule has 0 aromatic heterocycles. The van der Waals surface area contributed by atoms with E-state index in [9.17, 15) is 0 Å². The number of rotatable bonds is 1. The van der Waals surface area contributed by atoms with Crippen LogP contribution in [0.1, 0.15) is 40.3 Å². The van der Waals surface area contributed by atoms with Crippen molar-refractivity contribution in [2.24, 2.45) is 0 Å². The van der Waals surface area contributed by atoms with Crippen molar-refractivity contribution in [1.29, 1.82) is 0 Å². The van der Waals surface area contributed by atoms with Crippen LogP contribution in [0.15, 0.2) is 36.4 Å². The first-order valence-electron chi connectivity index (χ1n) is 7.79. The minimum Gasteiger partial charge on any atom is -1.00 e. The largest absolute Gasteiger partial charge is 4.00 e. The Kier molecular flexibility index (Phi) is 11.2. The van der Waals surface area contributed by atoms with Gasteiger partial charge in [-0.15, -0.1) is 40.6 Å². The summed E-state index contributed by atoms with van der Waals surface area (Å²) in [6.07, 6.45) is 1.17. The molecule has 0 fully saturated rings. The summed E-state index contributed by atoms with van der Waals surface area (Å²) < 4.78 is 0. The molecule has 0 saturated carbocycles. The van der Waals surface area contributed by atoms with Crippen LogP contribution in [0.25, 0.3) is 10.8 Å². The fourth-order valence-corrected chi connectivity index (χ4v) is 3.13. The van der Waals surface area contributed by atoms with E-state index in [0.29, 0.717) is 0 Å². The third-order valence-electron chi connectivity index (χ3n) is 4.71. The van der Waals surface area contributed by atoms with Crippen molar-refractivity contribution in [2.75, 3.05) is 0 Å². The Morgan fingerprint density at radius 1 is 0.875 bits per heavy atom. The smallest absolute Gasteiger partial charge is 1.00 e. The van der Waals surface area contributed by atoms with E-state index >= 15 is 0 Å². The summed E-state index contributed by atoms with van der Waals surface area (Å²) in [5.74, 6) is 0. The summed E-state index contributed by atoms with van der Waals surface area (Å²) >= 11 is 0. The minimum atomic E-state index is 0. The van der Waals surface area contributed by atoms with Crippen LogP contribution in [0, 0.1) is 34.6 Å². The van der Waals surface area contributed by atoms with Crippen molar-refractivity contribution in [3.63, 3.8) is 0 Å². The van der Waals surface area contributed by atoms with Gasteiger partial charge in [-0.05, 0) is 0 Å². The number of aryl methyl sites for hydroxylation is 1. The van der Waals surface area contributed by atoms with E-state index in [0.717, 1.165) is 0 Å². The van der Waals surface area contributed by atoms with Crippen LogP contribution in [-0.4, -0.2) is 0 Å². The Balaban J connectivity index is 0. The summed E-state index contributed by atoms with van der Waals surface area (Å²) in [5, 5.41) is 2.69. The van der Waals surface area contributed by atoms with Gasteiger partial charge in [0.2, 0.25) is 0 Å². The molecule has 0 radical (unpaired) electrons. The molecular weight excluding hydrogens is 381 g/mol. The number of hydrogen-bond acceptors (Lipinski definition) is 0. The van der Waals surface area contributed by atoms with E-state index in [1.165, 1.54) is 45.0 Å². The molecule has 3 aromatic rings. The first kappa shape index (κ1) is 25.2. The third-order valence-corrected chi connectivity index (χ3v) is 4.71. The van der Waals surface area contributed by atoms with Crippen LogP contribution < -0.4 is 9.41 Å². The van der Waals surface area contributed by atoms with Crippen molar-refractivity contribution in [3.8, 4) is 0 Å². The molecule has 0 spiro atoms. The average Bonchev–Trinajstić information content (AvgIpc) is 2.93. The Bertz CT molecular complexity index is 692. The summed E-state index contributed by atoms with van der Waals surface area (Å²) in [6.45, 7) is 13.3. The standard InChI is InChI=1S/C11H17.C10H9.2FH.Zr/c1-6-11-9(4)7(2)8(3)10(11)5;1-8-6-9-4-2-3-5-10(9)7-8;;;/h6H2,1-5H3;2-7H,1H3;2*1H;/q2*-1;;;+4/p-2. The Labute approximate surface area is 163 Å². The van der Waals surface area contributed by atoms with E-state index in [-0.39, 0.29) is 35.6 Å². The molecule has 0 aliphatic carbocycles. The van der Waals surface area contributed by atoms with Crippen LogP contribution in [0.5, 0.6) is 0 Å². The van der Waals surface area contributed by atoms with Crippen molar-refractivity contribution in [2.45, 2.75) is 48.0 Å². The predicted octanol–water partition coefficient (Wildman–Crippen LogP) is 0.0742. The van der Waals surface area contributed by atoms with Crippen LogP contribution in [0.3, 0.4) is 0 Å². The van der Waals surface area contributed by atoms with Gasteiger partial charge in [0, 0.05) is 0 Å². The average molecular weight is 408 g/mol. The molecule has 3 aromatic carbocycles. The van der Waals surface area contributed by atoms with Crippen molar-refractivity contribution >= 4 is 10.8 Å². The fourth-order valence-electron chi connectivity index (χ4n) is 3.13. The van der Waals surface area contributed by atoms with E-state index < -0.39 is 0 Å². The molecule has 128 valence electrons. The van der Waals surface area contributed by atoms with Crippen LogP contribution in [-0.2, 0) is 32.6 Å². The normalized spacial score (nSPS) is 9.25. The van der Waals surface area contributed by atoms with Crippen molar-refractivity contribution in [3.05, 3.63) is 69.8 Å². The minimum absolute atomic E-state index is 0. The summed E-state index contributed by atoms with van der Waals surface area (Å²) in [5.41, 5.74) is 8.88. The molecule has 3 rings (SSSR count). The Morgan fingerprint density at radius 3 is 1.79 bits per heavy atom. The van der Waals surface area contributed by atoms with E-state index in [4.69, 9.17) is 0 Å². The summed E-state index contributed by atoms with van der Waals surface area (Å²) in [4.78, 5) is 0. The molecule has 0 amide bonds. The molecule has 0 aliphatic heterocycles. The van der Waals surface area contributed by atoms with Gasteiger partial charge >= 0.3 is 26.2 Å². The van der Waals surface area contributed by atoms with E-state index in [2.05, 4.69) is 77.9 Å². The molecule has 24 heavy (non-hydrogen) atoms. The zero-order valence-electron chi connectivity index (χ0n) is 15.4. The van der Waals surface area contributed by atoms with Crippen LogP contribution in [0.2, 0.25) is 0 Å². The van der Waals surface area contributed by atoms with Gasteiger partial charge < -0.3 is 9.41 Å². The quantitative estimate of drug-likeness (QED) is 0.501. The number of hydrogen-bond donors (Lipinski definition) is 0. The molecule has 0 atom stereocenters. The molecule has 0 nitrogen and oxygen atoms in total. The van der Waals surface area contributed by atoms with Gasteiger partial charge in [-0.25, -0.2) is 0 Å². The fraction of sp³-hybridized carbons (Fsp3) is 0.333. The van der Waals surface area contributed by atoms with Gasteiger partial charge in [-0.1, -0.05) is 54.0 Å². The number of halogens is 2. The van der Waals surface area contributed by atoms with E-state index in [1.807, 2.05) is 0 Å². The first-order chi connectivity index (χ1) is 9.95. The van der Waals surface area contributed by atoms with Gasteiger partial charge in [-0.2, -0.15) is 33.9 Å². The van der Waals surface area contributed by atoms with Crippen molar-refractivity contribution < 1.29 is 35.6 Å². The molecule has 0 heterocycles. The second-order valence-electron chi connectivity index (χ2n) is 5.99. The molecule has 0 bridgehead atoms. The maximum absolute atomic E-state index is 2.23. The van der Waals surface area contributed by atoms with E-state index in [1.54, 1.807) is 5.56 Å². The summed E-state index contributed by atoms with van der Waals surface area (Å²) in [7, 11) is 0. The van der Waals surface area contributed by atoms with Gasteiger partial charge in [-0.3, -0.25) is 0 Å². The second-order valence-corrected chi connectivity index (χ2v) is 5.99. The maximum Gasteiger partial charge on any atom is 4.00 e. The number of fused-ring (bicyclic) bond motifs is 1. The molecule has 0 saturated heterocycles. The van der Waals surface area contributed by atoms with Gasteiger partial charge in [0.25, 0.3) is 0 Å². The maximum atomic E-state index is 2.23. The zero-order valence-corrected chi connectivity index (χ0v) is 17.9. The Hall–Kier alpha value is -1.08. The first-order valence-corrected chi connectivity index (χ1v) is 7.79. The second kappa shape index (κ2) is 10.7. The monoisotopic (exact) mass is 406 g/mol. The zero-order chi connectivity index (χ0) is 15.6. The van der Waals surface area contributed by atoms with Gasteiger partial charge in [0.15, 0.2) is 0 Å².